The Bertz CT molecular complexity index is 332. The van der Waals surface area contributed by atoms with Crippen LogP contribution in [0.15, 0.2) is 30.3 Å². The Hall–Kier alpha value is -1.18. The van der Waals surface area contributed by atoms with Crippen LogP contribution in [-0.2, 0) is 10.5 Å². The molecular formula is C13H17FO. The number of halogens is 1. The second kappa shape index (κ2) is 4.56. The highest BCUT2D eigenvalue weighted by Gasteiger charge is 2.39. The van der Waals surface area contributed by atoms with Crippen LogP contribution in [0.2, 0.25) is 0 Å². The summed E-state index contributed by atoms with van der Waals surface area (Å²) in [5.41, 5.74) is -1.36. The van der Waals surface area contributed by atoms with Crippen LogP contribution in [0.4, 0.5) is 4.39 Å². The predicted molar refractivity (Wildman–Crippen MR) is 59.4 cm³/mol. The SMILES string of the molecule is CCC(F)(C(=O)C(C)C)c1ccccc1. The molecule has 1 aromatic carbocycles. The van der Waals surface area contributed by atoms with E-state index in [1.165, 1.54) is 0 Å². The number of benzene rings is 1. The molecule has 0 saturated heterocycles. The van der Waals surface area contributed by atoms with Gasteiger partial charge in [0.05, 0.1) is 0 Å². The van der Waals surface area contributed by atoms with Gasteiger partial charge < -0.3 is 0 Å². The third-order valence-electron chi connectivity index (χ3n) is 2.63. The maximum absolute atomic E-state index is 14.5. The van der Waals surface area contributed by atoms with Crippen molar-refractivity contribution in [2.45, 2.75) is 32.9 Å². The molecule has 1 atom stereocenters. The lowest BCUT2D eigenvalue weighted by Crippen LogP contribution is -2.33. The molecular weight excluding hydrogens is 191 g/mol. The molecule has 82 valence electrons. The van der Waals surface area contributed by atoms with Gasteiger partial charge in [0, 0.05) is 5.92 Å². The number of alkyl halides is 1. The lowest BCUT2D eigenvalue weighted by Gasteiger charge is -2.24. The van der Waals surface area contributed by atoms with E-state index in [0.717, 1.165) is 0 Å². The van der Waals surface area contributed by atoms with Crippen LogP contribution in [0.25, 0.3) is 0 Å². The van der Waals surface area contributed by atoms with Gasteiger partial charge in [-0.2, -0.15) is 0 Å². The molecule has 0 bridgehead atoms. The van der Waals surface area contributed by atoms with E-state index in [9.17, 15) is 9.18 Å². The molecule has 0 N–H and O–H groups in total. The molecule has 0 aromatic heterocycles. The molecule has 0 spiro atoms. The Labute approximate surface area is 90.3 Å². The Balaban J connectivity index is 3.11. The first-order valence-electron chi connectivity index (χ1n) is 5.31. The Kier molecular flexibility index (Phi) is 3.61. The fraction of sp³-hybridized carbons (Fsp3) is 0.462. The zero-order chi connectivity index (χ0) is 11.5. The van der Waals surface area contributed by atoms with Gasteiger partial charge in [0.1, 0.15) is 0 Å². The largest absolute Gasteiger partial charge is 0.295 e. The lowest BCUT2D eigenvalue weighted by atomic mass is 9.84. The molecule has 0 aliphatic carbocycles. The Morgan fingerprint density at radius 2 is 1.87 bits per heavy atom. The van der Waals surface area contributed by atoms with Gasteiger partial charge in [0.25, 0.3) is 0 Å². The average Bonchev–Trinajstić information content (AvgIpc) is 2.28. The van der Waals surface area contributed by atoms with E-state index in [1.54, 1.807) is 45.0 Å². The van der Waals surface area contributed by atoms with Crippen LogP contribution in [0, 0.1) is 5.92 Å². The van der Waals surface area contributed by atoms with Gasteiger partial charge in [-0.15, -0.1) is 0 Å². The fourth-order valence-electron chi connectivity index (χ4n) is 1.68. The van der Waals surface area contributed by atoms with Gasteiger partial charge in [0.2, 0.25) is 0 Å². The van der Waals surface area contributed by atoms with Crippen LogP contribution in [0.1, 0.15) is 32.8 Å². The second-order valence-electron chi connectivity index (χ2n) is 4.04. The molecule has 0 heterocycles. The van der Waals surface area contributed by atoms with Crippen LogP contribution >= 0.6 is 0 Å². The van der Waals surface area contributed by atoms with Crippen LogP contribution in [0.5, 0.6) is 0 Å². The van der Waals surface area contributed by atoms with E-state index in [4.69, 9.17) is 0 Å². The second-order valence-corrected chi connectivity index (χ2v) is 4.04. The molecule has 1 aromatic rings. The number of Topliss-reactive ketones (excluding diaryl/α,β-unsaturated/α-hetero) is 1. The number of hydrogen-bond donors (Lipinski definition) is 0. The van der Waals surface area contributed by atoms with Crippen molar-refractivity contribution in [3.8, 4) is 0 Å². The minimum atomic E-state index is -1.82. The minimum absolute atomic E-state index is 0.189. The minimum Gasteiger partial charge on any atom is -0.295 e. The average molecular weight is 208 g/mol. The quantitative estimate of drug-likeness (QED) is 0.740. The first-order valence-corrected chi connectivity index (χ1v) is 5.31. The topological polar surface area (TPSA) is 17.1 Å². The van der Waals surface area contributed by atoms with E-state index in [-0.39, 0.29) is 18.1 Å². The monoisotopic (exact) mass is 208 g/mol. The number of rotatable bonds is 4. The number of carbonyl (C=O) groups is 1. The van der Waals surface area contributed by atoms with Crippen molar-refractivity contribution in [1.82, 2.24) is 0 Å². The van der Waals surface area contributed by atoms with Crippen molar-refractivity contribution < 1.29 is 9.18 Å². The first-order chi connectivity index (χ1) is 7.02. The smallest absolute Gasteiger partial charge is 0.193 e. The molecule has 15 heavy (non-hydrogen) atoms. The first kappa shape index (κ1) is 11.9. The number of ketones is 1. The highest BCUT2D eigenvalue weighted by molar-refractivity contribution is 5.89. The summed E-state index contributed by atoms with van der Waals surface area (Å²) in [6, 6.07) is 8.67. The molecule has 0 saturated carbocycles. The van der Waals surface area contributed by atoms with Gasteiger partial charge in [-0.05, 0) is 12.0 Å². The van der Waals surface area contributed by atoms with Crippen molar-refractivity contribution in [2.75, 3.05) is 0 Å². The summed E-state index contributed by atoms with van der Waals surface area (Å²) < 4.78 is 14.5. The van der Waals surface area contributed by atoms with E-state index in [2.05, 4.69) is 0 Å². The summed E-state index contributed by atoms with van der Waals surface area (Å²) in [6.45, 7) is 5.16. The van der Waals surface area contributed by atoms with Crippen LogP contribution < -0.4 is 0 Å². The van der Waals surface area contributed by atoms with E-state index in [0.29, 0.717) is 5.56 Å². The van der Waals surface area contributed by atoms with Crippen LogP contribution in [0.3, 0.4) is 0 Å². The lowest BCUT2D eigenvalue weighted by molar-refractivity contribution is -0.134. The molecule has 0 aliphatic rings. The van der Waals surface area contributed by atoms with Gasteiger partial charge in [-0.25, -0.2) is 4.39 Å². The standard InChI is InChI=1S/C13H17FO/c1-4-13(14,12(15)10(2)3)11-8-6-5-7-9-11/h5-10H,4H2,1-3H3. The molecule has 0 radical (unpaired) electrons. The molecule has 0 amide bonds. The van der Waals surface area contributed by atoms with Crippen molar-refractivity contribution >= 4 is 5.78 Å². The maximum atomic E-state index is 14.5. The Morgan fingerprint density at radius 1 is 1.33 bits per heavy atom. The number of hydrogen-bond acceptors (Lipinski definition) is 1. The highest BCUT2D eigenvalue weighted by Crippen LogP contribution is 2.33. The van der Waals surface area contributed by atoms with E-state index in [1.807, 2.05) is 6.07 Å². The Morgan fingerprint density at radius 3 is 2.27 bits per heavy atom. The molecule has 1 rings (SSSR count). The van der Waals surface area contributed by atoms with E-state index < -0.39 is 5.67 Å². The highest BCUT2D eigenvalue weighted by atomic mass is 19.1. The fourth-order valence-corrected chi connectivity index (χ4v) is 1.68. The van der Waals surface area contributed by atoms with Crippen molar-refractivity contribution in [3.63, 3.8) is 0 Å². The number of carbonyl (C=O) groups excluding carboxylic acids is 1. The summed E-state index contributed by atoms with van der Waals surface area (Å²) in [4.78, 5) is 11.8. The maximum Gasteiger partial charge on any atom is 0.193 e. The predicted octanol–water partition coefficient (Wildman–Crippen LogP) is 3.49. The van der Waals surface area contributed by atoms with Gasteiger partial charge in [-0.3, -0.25) is 4.79 Å². The summed E-state index contributed by atoms with van der Waals surface area (Å²) in [5.74, 6) is -0.619. The van der Waals surface area contributed by atoms with Gasteiger partial charge in [0.15, 0.2) is 11.5 Å². The normalized spacial score (nSPS) is 15.0. The molecule has 2 heteroatoms. The zero-order valence-corrected chi connectivity index (χ0v) is 9.46. The zero-order valence-electron chi connectivity index (χ0n) is 9.46. The summed E-state index contributed by atoms with van der Waals surface area (Å²) in [7, 11) is 0. The summed E-state index contributed by atoms with van der Waals surface area (Å²) in [6.07, 6.45) is 0.189. The summed E-state index contributed by atoms with van der Waals surface area (Å²) in [5, 5.41) is 0. The molecule has 1 nitrogen and oxygen atoms in total. The van der Waals surface area contributed by atoms with E-state index >= 15 is 0 Å². The molecule has 1 unspecified atom stereocenters. The van der Waals surface area contributed by atoms with Crippen molar-refractivity contribution in [3.05, 3.63) is 35.9 Å². The van der Waals surface area contributed by atoms with Crippen LogP contribution in [-0.4, -0.2) is 5.78 Å². The molecule has 0 fully saturated rings. The third kappa shape index (κ3) is 2.25. The molecule has 0 aliphatic heterocycles. The van der Waals surface area contributed by atoms with Gasteiger partial charge >= 0.3 is 0 Å². The summed E-state index contributed by atoms with van der Waals surface area (Å²) >= 11 is 0. The van der Waals surface area contributed by atoms with Crippen molar-refractivity contribution in [1.29, 1.82) is 0 Å². The van der Waals surface area contributed by atoms with Gasteiger partial charge in [-0.1, -0.05) is 51.1 Å². The van der Waals surface area contributed by atoms with Crippen molar-refractivity contribution in [2.24, 2.45) is 5.92 Å². The third-order valence-corrected chi connectivity index (χ3v) is 2.63.